The third-order valence-electron chi connectivity index (χ3n) is 7.58. The molecule has 204 valence electrons. The fraction of sp³-hybridized carbons (Fsp3) is 0.121. The average molecular weight is 569 g/mol. The molecule has 0 amide bonds. The largest absolute Gasteiger partial charge is 0.487 e. The van der Waals surface area contributed by atoms with Gasteiger partial charge < -0.3 is 9.72 Å². The first-order chi connectivity index (χ1) is 20.6. The van der Waals surface area contributed by atoms with Crippen LogP contribution in [0.25, 0.3) is 32.6 Å². The summed E-state index contributed by atoms with van der Waals surface area (Å²) in [5, 5.41) is 4.42. The Morgan fingerprint density at radius 3 is 2.71 bits per heavy atom. The number of aromatic amines is 1. The van der Waals surface area contributed by atoms with Crippen LogP contribution in [0.2, 0.25) is 0 Å². The van der Waals surface area contributed by atoms with Gasteiger partial charge in [-0.05, 0) is 48.9 Å². The fourth-order valence-corrected chi connectivity index (χ4v) is 6.30. The number of ketones is 1. The smallest absolute Gasteiger partial charge is 0.169 e. The molecule has 8 nitrogen and oxygen atoms in total. The van der Waals surface area contributed by atoms with Gasteiger partial charge >= 0.3 is 0 Å². The molecule has 9 heteroatoms. The molecule has 1 saturated heterocycles. The predicted molar refractivity (Wildman–Crippen MR) is 163 cm³/mol. The van der Waals surface area contributed by atoms with E-state index in [0.29, 0.717) is 12.4 Å². The second-order valence-electron chi connectivity index (χ2n) is 10.4. The maximum Gasteiger partial charge on any atom is 0.169 e. The number of aliphatic imine (C=N–C) groups is 1. The molecular weight excluding hydrogens is 544 g/mol. The minimum absolute atomic E-state index is 0.0154. The first-order valence-electron chi connectivity index (χ1n) is 13.7. The van der Waals surface area contributed by atoms with Crippen molar-refractivity contribution >= 4 is 33.7 Å². The number of thiophene rings is 1. The minimum Gasteiger partial charge on any atom is -0.487 e. The minimum atomic E-state index is 0.0154. The molecular formula is C33H24N6O2S. The Bertz CT molecular complexity index is 2030. The molecule has 0 spiro atoms. The molecule has 0 radical (unpaired) electrons. The van der Waals surface area contributed by atoms with E-state index in [9.17, 15) is 4.79 Å². The number of rotatable bonds is 7. The van der Waals surface area contributed by atoms with Crippen molar-refractivity contribution in [1.29, 1.82) is 0 Å². The van der Waals surface area contributed by atoms with E-state index in [4.69, 9.17) is 14.7 Å². The molecule has 2 N–H and O–H groups in total. The standard InChI is InChI=1S/C33H24N6O2S/c1-18(40)27-7-8-28(42-27)30-23-13-26(37-25(23)9-10-35-30)29-24-12-21(15-36-31(24)32-33(38-29)39-32)20-11-22(16-34-14-20)41-17-19-5-3-2-4-6-19/h2-16,32-33,37,39H,17H2,1H3. The molecule has 2 atom stereocenters. The van der Waals surface area contributed by atoms with Crippen molar-refractivity contribution in [3.63, 3.8) is 0 Å². The molecule has 2 unspecified atom stereocenters. The Balaban J connectivity index is 1.15. The predicted octanol–water partition coefficient (Wildman–Crippen LogP) is 6.35. The summed E-state index contributed by atoms with van der Waals surface area (Å²) in [5.74, 6) is 0.753. The number of ether oxygens (including phenoxy) is 1. The van der Waals surface area contributed by atoms with E-state index in [1.165, 1.54) is 11.3 Å². The lowest BCUT2D eigenvalue weighted by Gasteiger charge is -2.15. The summed E-state index contributed by atoms with van der Waals surface area (Å²) in [5.41, 5.74) is 8.47. The van der Waals surface area contributed by atoms with Gasteiger partial charge in [0.15, 0.2) is 5.78 Å². The van der Waals surface area contributed by atoms with Crippen molar-refractivity contribution in [3.8, 4) is 27.4 Å². The highest BCUT2D eigenvalue weighted by Crippen LogP contribution is 2.40. The Morgan fingerprint density at radius 2 is 1.86 bits per heavy atom. The van der Waals surface area contributed by atoms with Gasteiger partial charge in [0.2, 0.25) is 0 Å². The second-order valence-corrected chi connectivity index (χ2v) is 11.5. The first-order valence-corrected chi connectivity index (χ1v) is 14.5. The number of aromatic nitrogens is 4. The third-order valence-corrected chi connectivity index (χ3v) is 8.77. The summed E-state index contributed by atoms with van der Waals surface area (Å²) >= 11 is 1.46. The Labute approximate surface area is 245 Å². The van der Waals surface area contributed by atoms with Gasteiger partial charge in [-0.15, -0.1) is 11.3 Å². The van der Waals surface area contributed by atoms with Crippen LogP contribution in [0.3, 0.4) is 0 Å². The van der Waals surface area contributed by atoms with E-state index in [1.807, 2.05) is 67.0 Å². The van der Waals surface area contributed by atoms with Crippen LogP contribution in [0.5, 0.6) is 5.75 Å². The fourth-order valence-electron chi connectivity index (χ4n) is 5.39. The maximum absolute atomic E-state index is 11.9. The van der Waals surface area contributed by atoms with Crippen LogP contribution in [-0.4, -0.2) is 37.6 Å². The van der Waals surface area contributed by atoms with Gasteiger partial charge in [-0.3, -0.25) is 30.1 Å². The first kappa shape index (κ1) is 24.8. The number of hydrogen-bond acceptors (Lipinski definition) is 8. The molecule has 0 bridgehead atoms. The Morgan fingerprint density at radius 1 is 0.976 bits per heavy atom. The molecule has 6 aromatic rings. The van der Waals surface area contributed by atoms with E-state index in [0.717, 1.165) is 65.7 Å². The van der Waals surface area contributed by atoms with E-state index in [1.54, 1.807) is 19.3 Å². The maximum atomic E-state index is 11.9. The Kier molecular flexibility index (Phi) is 5.80. The zero-order chi connectivity index (χ0) is 28.2. The highest BCUT2D eigenvalue weighted by molar-refractivity contribution is 7.17. The van der Waals surface area contributed by atoms with Crippen molar-refractivity contribution in [3.05, 3.63) is 119 Å². The van der Waals surface area contributed by atoms with Gasteiger partial charge in [0.05, 0.1) is 44.8 Å². The molecule has 42 heavy (non-hydrogen) atoms. The molecule has 1 fully saturated rings. The number of nitrogens with zero attached hydrogens (tertiary/aromatic N) is 4. The van der Waals surface area contributed by atoms with E-state index >= 15 is 0 Å². The number of carbonyl (C=O) groups is 1. The summed E-state index contributed by atoms with van der Waals surface area (Å²) in [7, 11) is 0. The van der Waals surface area contributed by atoms with E-state index < -0.39 is 0 Å². The summed E-state index contributed by atoms with van der Waals surface area (Å²) < 4.78 is 6.03. The van der Waals surface area contributed by atoms with Crippen molar-refractivity contribution in [2.24, 2.45) is 4.99 Å². The van der Waals surface area contributed by atoms with Gasteiger partial charge in [-0.2, -0.15) is 0 Å². The number of Topliss-reactive ketones (excluding diaryl/α,β-unsaturated/α-hetero) is 1. The van der Waals surface area contributed by atoms with Crippen LogP contribution in [-0.2, 0) is 6.61 Å². The van der Waals surface area contributed by atoms with Crippen LogP contribution in [0.15, 0.2) is 96.5 Å². The lowest BCUT2D eigenvalue weighted by molar-refractivity contribution is 0.102. The molecule has 5 aromatic heterocycles. The summed E-state index contributed by atoms with van der Waals surface area (Å²) in [6, 6.07) is 22.2. The van der Waals surface area contributed by atoms with Crippen LogP contribution >= 0.6 is 11.3 Å². The zero-order valence-corrected chi connectivity index (χ0v) is 23.4. The molecule has 7 heterocycles. The molecule has 1 aromatic carbocycles. The molecule has 0 aliphatic carbocycles. The average Bonchev–Trinajstić information content (AvgIpc) is 3.42. The van der Waals surface area contributed by atoms with E-state index in [2.05, 4.69) is 32.4 Å². The Hall–Kier alpha value is -4.99. The lowest BCUT2D eigenvalue weighted by atomic mass is 9.97. The highest BCUT2D eigenvalue weighted by atomic mass is 32.1. The summed E-state index contributed by atoms with van der Waals surface area (Å²) in [6.45, 7) is 2.06. The second kappa shape index (κ2) is 9.83. The SMILES string of the molecule is CC(=O)c1ccc(-c2nccc3[nH]c(C4=NC5NC5c5ncc(-c6cncc(OCc7ccccc7)c6)cc54)cc23)s1. The molecule has 2 aliphatic heterocycles. The summed E-state index contributed by atoms with van der Waals surface area (Å²) in [6.07, 6.45) is 7.26. The van der Waals surface area contributed by atoms with Crippen molar-refractivity contribution in [2.45, 2.75) is 25.7 Å². The number of carbonyl (C=O) groups excluding carboxylic acids is 1. The number of pyridine rings is 3. The third kappa shape index (κ3) is 4.39. The number of hydrogen-bond donors (Lipinski definition) is 2. The quantitative estimate of drug-likeness (QED) is 0.171. The van der Waals surface area contributed by atoms with Gasteiger partial charge in [-0.25, -0.2) is 0 Å². The van der Waals surface area contributed by atoms with Gasteiger partial charge in [0, 0.05) is 46.2 Å². The van der Waals surface area contributed by atoms with Crippen molar-refractivity contribution in [1.82, 2.24) is 25.3 Å². The zero-order valence-electron chi connectivity index (χ0n) is 22.5. The normalized spacial score (nSPS) is 16.9. The lowest BCUT2D eigenvalue weighted by Crippen LogP contribution is -2.14. The number of nitrogens with one attached hydrogen (secondary N) is 2. The van der Waals surface area contributed by atoms with Crippen LogP contribution < -0.4 is 10.1 Å². The van der Waals surface area contributed by atoms with Gasteiger partial charge in [0.25, 0.3) is 0 Å². The summed E-state index contributed by atoms with van der Waals surface area (Å²) in [4.78, 5) is 36.2. The highest BCUT2D eigenvalue weighted by Gasteiger charge is 2.44. The van der Waals surface area contributed by atoms with Crippen molar-refractivity contribution in [2.75, 3.05) is 0 Å². The van der Waals surface area contributed by atoms with Crippen LogP contribution in [0.4, 0.5) is 0 Å². The molecule has 0 saturated carbocycles. The van der Waals surface area contributed by atoms with Crippen LogP contribution in [0, 0.1) is 0 Å². The monoisotopic (exact) mass is 568 g/mol. The van der Waals surface area contributed by atoms with Gasteiger partial charge in [-0.1, -0.05) is 30.3 Å². The van der Waals surface area contributed by atoms with Crippen molar-refractivity contribution < 1.29 is 9.53 Å². The van der Waals surface area contributed by atoms with E-state index in [-0.39, 0.29) is 18.0 Å². The van der Waals surface area contributed by atoms with Crippen LogP contribution in [0.1, 0.15) is 45.2 Å². The topological polar surface area (TPSA) is 115 Å². The molecule has 2 aliphatic rings. The molecule has 8 rings (SSSR count). The number of benzene rings is 1. The van der Waals surface area contributed by atoms with Gasteiger partial charge in [0.1, 0.15) is 18.5 Å². The number of H-pyrrole nitrogens is 1. The number of fused-ring (bicyclic) bond motifs is 4.